The zero-order valence-electron chi connectivity index (χ0n) is 18.5. The standard InChI is InChI=1S/C21H32N2O5Si2/c1-14(21(2,3)20(27-29-4)28-30-5)12-23-19-15(11-22-23)6-7-18-17(19)10-16(13-26-18)25-9-8-24/h6-7,11,14,16,20,24H,8-10,12-13H2,1-5H3. The van der Waals surface area contributed by atoms with Crippen molar-refractivity contribution in [3.05, 3.63) is 23.9 Å². The zero-order chi connectivity index (χ0) is 21.7. The maximum atomic E-state index is 9.07. The first kappa shape index (κ1) is 23.4. The predicted molar refractivity (Wildman–Crippen MR) is 118 cm³/mol. The number of nitrogens with zero attached hydrogens (tertiary/aromatic N) is 2. The van der Waals surface area contributed by atoms with Gasteiger partial charge >= 0.3 is 0 Å². The molecule has 0 saturated heterocycles. The average Bonchev–Trinajstić information content (AvgIpc) is 3.15. The predicted octanol–water partition coefficient (Wildman–Crippen LogP) is 2.70. The number of aromatic nitrogens is 2. The number of aliphatic hydroxyl groups is 1. The summed E-state index contributed by atoms with van der Waals surface area (Å²) in [5.41, 5.74) is 2.04. The van der Waals surface area contributed by atoms with Crippen molar-refractivity contribution in [3.63, 3.8) is 0 Å². The van der Waals surface area contributed by atoms with E-state index in [0.29, 0.717) is 32.7 Å². The van der Waals surface area contributed by atoms with Gasteiger partial charge in [0.2, 0.25) is 19.5 Å². The first-order valence-corrected chi connectivity index (χ1v) is 13.2. The number of benzene rings is 1. The van der Waals surface area contributed by atoms with Gasteiger partial charge in [-0.05, 0) is 31.1 Å². The molecule has 2 aromatic rings. The lowest BCUT2D eigenvalue weighted by atomic mass is 9.79. The van der Waals surface area contributed by atoms with Gasteiger partial charge in [-0.25, -0.2) is 0 Å². The molecule has 1 aliphatic heterocycles. The molecule has 3 rings (SSSR count). The lowest BCUT2D eigenvalue weighted by Crippen LogP contribution is -2.42. The Bertz CT molecular complexity index is 823. The van der Waals surface area contributed by atoms with Crippen LogP contribution in [0.1, 0.15) is 26.3 Å². The molecule has 164 valence electrons. The Balaban J connectivity index is 1.86. The van der Waals surface area contributed by atoms with E-state index in [-0.39, 0.29) is 30.3 Å². The van der Waals surface area contributed by atoms with Gasteiger partial charge in [-0.15, -0.1) is 0 Å². The SMILES string of the molecule is C[Si]OC(O[Si]C)C(C)(C)C(C)Cn1ncc2ccc3c(c21)CC(OCCO)CO3. The largest absolute Gasteiger partial charge is 0.491 e. The summed E-state index contributed by atoms with van der Waals surface area (Å²) >= 11 is 0. The van der Waals surface area contributed by atoms with Crippen LogP contribution in [0.5, 0.6) is 5.75 Å². The molecular formula is C21H32N2O5Si2. The highest BCUT2D eigenvalue weighted by Crippen LogP contribution is 2.37. The summed E-state index contributed by atoms with van der Waals surface area (Å²) in [6.07, 6.45) is 2.36. The maximum Gasteiger partial charge on any atom is 0.229 e. The highest BCUT2D eigenvalue weighted by atomic mass is 28.2. The first-order valence-electron chi connectivity index (χ1n) is 10.4. The Hall–Kier alpha value is -1.24. The molecule has 1 aromatic carbocycles. The van der Waals surface area contributed by atoms with Crippen molar-refractivity contribution in [2.45, 2.75) is 59.2 Å². The minimum Gasteiger partial charge on any atom is -0.491 e. The van der Waals surface area contributed by atoms with Gasteiger partial charge in [-0.2, -0.15) is 5.10 Å². The minimum atomic E-state index is -0.241. The molecule has 1 aromatic heterocycles. The molecule has 1 N–H and O–H groups in total. The van der Waals surface area contributed by atoms with Gasteiger partial charge in [-0.1, -0.05) is 20.8 Å². The quantitative estimate of drug-likeness (QED) is 0.421. The van der Waals surface area contributed by atoms with Crippen molar-refractivity contribution in [2.75, 3.05) is 19.8 Å². The number of ether oxygens (including phenoxy) is 2. The Labute approximate surface area is 183 Å². The van der Waals surface area contributed by atoms with Crippen LogP contribution >= 0.6 is 0 Å². The first-order chi connectivity index (χ1) is 14.4. The van der Waals surface area contributed by atoms with Gasteiger partial charge < -0.3 is 23.4 Å². The summed E-state index contributed by atoms with van der Waals surface area (Å²) < 4.78 is 25.7. The number of hydrogen-bond donors (Lipinski definition) is 1. The van der Waals surface area contributed by atoms with E-state index in [1.165, 1.54) is 0 Å². The van der Waals surface area contributed by atoms with Crippen molar-refractivity contribution in [2.24, 2.45) is 11.3 Å². The van der Waals surface area contributed by atoms with Crippen LogP contribution in [0.25, 0.3) is 10.9 Å². The smallest absolute Gasteiger partial charge is 0.229 e. The normalized spacial score (nSPS) is 17.9. The van der Waals surface area contributed by atoms with Crippen molar-refractivity contribution in [1.82, 2.24) is 9.78 Å². The number of aliphatic hydroxyl groups excluding tert-OH is 1. The molecule has 0 saturated carbocycles. The summed E-state index contributed by atoms with van der Waals surface area (Å²) in [6.45, 7) is 12.3. The molecule has 2 unspecified atom stereocenters. The lowest BCUT2D eigenvalue weighted by molar-refractivity contribution is -0.104. The van der Waals surface area contributed by atoms with Crippen molar-refractivity contribution < 1.29 is 23.4 Å². The lowest BCUT2D eigenvalue weighted by Gasteiger charge is -2.39. The van der Waals surface area contributed by atoms with Gasteiger partial charge in [0.15, 0.2) is 0 Å². The Morgan fingerprint density at radius 1 is 1.30 bits per heavy atom. The topological polar surface area (TPSA) is 75.0 Å². The zero-order valence-corrected chi connectivity index (χ0v) is 20.5. The Kier molecular flexibility index (Phi) is 8.11. The fourth-order valence-corrected chi connectivity index (χ4v) is 5.00. The highest BCUT2D eigenvalue weighted by molar-refractivity contribution is 6.26. The molecule has 9 heteroatoms. The van der Waals surface area contributed by atoms with Crippen LogP contribution in [0.3, 0.4) is 0 Å². The van der Waals surface area contributed by atoms with Crippen LogP contribution < -0.4 is 4.74 Å². The fourth-order valence-electron chi connectivity index (χ4n) is 3.77. The number of hydrogen-bond acceptors (Lipinski definition) is 6. The van der Waals surface area contributed by atoms with Gasteiger partial charge in [0.1, 0.15) is 18.6 Å². The van der Waals surface area contributed by atoms with Crippen molar-refractivity contribution >= 4 is 30.4 Å². The Morgan fingerprint density at radius 3 is 2.70 bits per heavy atom. The molecule has 1 aliphatic rings. The molecule has 7 nitrogen and oxygen atoms in total. The van der Waals surface area contributed by atoms with E-state index in [1.807, 2.05) is 25.4 Å². The van der Waals surface area contributed by atoms with E-state index in [2.05, 4.69) is 31.5 Å². The van der Waals surface area contributed by atoms with Crippen LogP contribution in [-0.2, 0) is 26.6 Å². The van der Waals surface area contributed by atoms with E-state index >= 15 is 0 Å². The van der Waals surface area contributed by atoms with E-state index in [1.54, 1.807) is 0 Å². The molecule has 0 spiro atoms. The summed E-state index contributed by atoms with van der Waals surface area (Å²) in [6, 6.07) is 4.08. The minimum absolute atomic E-state index is 0.0139. The fraction of sp³-hybridized carbons (Fsp3) is 0.667. The van der Waals surface area contributed by atoms with E-state index in [9.17, 15) is 0 Å². The van der Waals surface area contributed by atoms with E-state index in [0.717, 1.165) is 35.2 Å². The van der Waals surface area contributed by atoms with Gasteiger partial charge in [0, 0.05) is 29.3 Å². The molecule has 2 atom stereocenters. The Morgan fingerprint density at radius 2 is 2.03 bits per heavy atom. The average molecular weight is 449 g/mol. The third kappa shape index (κ3) is 4.97. The second-order valence-electron chi connectivity index (χ2n) is 8.24. The van der Waals surface area contributed by atoms with Gasteiger partial charge in [-0.3, -0.25) is 4.68 Å². The van der Waals surface area contributed by atoms with Crippen LogP contribution in [0.2, 0.25) is 13.1 Å². The van der Waals surface area contributed by atoms with E-state index in [4.69, 9.17) is 28.5 Å². The number of rotatable bonds is 11. The molecule has 2 heterocycles. The highest BCUT2D eigenvalue weighted by Gasteiger charge is 2.37. The summed E-state index contributed by atoms with van der Waals surface area (Å²) in [5, 5.41) is 14.9. The molecule has 0 amide bonds. The number of fused-ring (bicyclic) bond motifs is 3. The second kappa shape index (κ2) is 10.4. The van der Waals surface area contributed by atoms with Crippen LogP contribution in [0.4, 0.5) is 0 Å². The maximum absolute atomic E-state index is 9.07. The molecule has 0 bridgehead atoms. The summed E-state index contributed by atoms with van der Waals surface area (Å²) in [5.74, 6) is 1.16. The van der Waals surface area contributed by atoms with Gasteiger partial charge in [0.05, 0.1) is 31.0 Å². The summed E-state index contributed by atoms with van der Waals surface area (Å²) in [4.78, 5) is 0. The molecular weight excluding hydrogens is 416 g/mol. The second-order valence-corrected chi connectivity index (χ2v) is 9.52. The monoisotopic (exact) mass is 448 g/mol. The summed E-state index contributed by atoms with van der Waals surface area (Å²) in [7, 11) is 0.764. The van der Waals surface area contributed by atoms with Crippen molar-refractivity contribution in [1.29, 1.82) is 0 Å². The molecule has 30 heavy (non-hydrogen) atoms. The molecule has 0 fully saturated rings. The van der Waals surface area contributed by atoms with Crippen LogP contribution in [-0.4, -0.2) is 66.6 Å². The third-order valence-electron chi connectivity index (χ3n) is 5.94. The van der Waals surface area contributed by atoms with Crippen molar-refractivity contribution in [3.8, 4) is 5.75 Å². The molecule has 4 radical (unpaired) electrons. The third-order valence-corrected chi connectivity index (χ3v) is 6.84. The van der Waals surface area contributed by atoms with Crippen LogP contribution in [0, 0.1) is 11.3 Å². The van der Waals surface area contributed by atoms with Crippen LogP contribution in [0.15, 0.2) is 18.3 Å². The van der Waals surface area contributed by atoms with E-state index < -0.39 is 0 Å². The molecule has 0 aliphatic carbocycles. The van der Waals surface area contributed by atoms with Gasteiger partial charge in [0.25, 0.3) is 0 Å².